The molecule has 1 heterocycles. The molecule has 0 saturated heterocycles. The molecule has 0 aliphatic rings. The van der Waals surface area contributed by atoms with Crippen molar-refractivity contribution < 1.29 is 27.5 Å². The maximum Gasteiger partial charge on any atom is 0.418 e. The Balaban J connectivity index is 1.62. The van der Waals surface area contributed by atoms with E-state index in [1.165, 1.54) is 37.5 Å². The summed E-state index contributed by atoms with van der Waals surface area (Å²) in [5.41, 5.74) is -0.620. The van der Waals surface area contributed by atoms with Crippen LogP contribution in [0.2, 0.25) is 0 Å². The number of amides is 2. The second-order valence-electron chi connectivity index (χ2n) is 6.44. The summed E-state index contributed by atoms with van der Waals surface area (Å²) in [5, 5.41) is 4.81. The van der Waals surface area contributed by atoms with Gasteiger partial charge in [0.25, 0.3) is 0 Å². The van der Waals surface area contributed by atoms with E-state index in [1.807, 2.05) is 0 Å². The molecule has 0 atom stereocenters. The van der Waals surface area contributed by atoms with Gasteiger partial charge in [0, 0.05) is 13.0 Å². The Labute approximate surface area is 175 Å². The highest BCUT2D eigenvalue weighted by Crippen LogP contribution is 2.34. The minimum atomic E-state index is -4.57. The second kappa shape index (κ2) is 9.24. The molecule has 0 spiro atoms. The van der Waals surface area contributed by atoms with Gasteiger partial charge in [-0.05, 0) is 29.8 Å². The third-order valence-electron chi connectivity index (χ3n) is 3.96. The summed E-state index contributed by atoms with van der Waals surface area (Å²) in [7, 11) is 0. The molecule has 0 unspecified atom stereocenters. The Morgan fingerprint density at radius 2 is 1.71 bits per heavy atom. The van der Waals surface area contributed by atoms with Crippen molar-refractivity contribution in [3.8, 4) is 11.6 Å². The monoisotopic (exact) mass is 430 g/mol. The van der Waals surface area contributed by atoms with E-state index in [0.717, 1.165) is 6.07 Å². The number of hydrogen-bond donors (Lipinski definition) is 2. The molecule has 0 bridgehead atoms. The quantitative estimate of drug-likeness (QED) is 0.604. The molecule has 3 aromatic rings. The Bertz CT molecular complexity index is 1090. The topological polar surface area (TPSA) is 93.2 Å². The molecule has 10 heteroatoms. The standard InChI is InChI=1S/C21H17F3N4O3/c1-13(29)27-18-11-20(26-12-25-18)31-15-8-6-14(7-9-15)10-19(30)28-17-5-3-2-4-16(17)21(22,23)24/h2-9,11-12H,10H2,1H3,(H,28,30)(H,25,26,27,29). The number of aromatic nitrogens is 2. The van der Waals surface area contributed by atoms with Gasteiger partial charge in [-0.1, -0.05) is 24.3 Å². The van der Waals surface area contributed by atoms with Gasteiger partial charge in [0.15, 0.2) is 0 Å². The van der Waals surface area contributed by atoms with Gasteiger partial charge in [-0.2, -0.15) is 13.2 Å². The molecule has 2 amide bonds. The summed E-state index contributed by atoms with van der Waals surface area (Å²) in [5.74, 6) is 0.0308. The number of para-hydroxylation sites is 1. The van der Waals surface area contributed by atoms with Crippen molar-refractivity contribution in [1.82, 2.24) is 9.97 Å². The van der Waals surface area contributed by atoms with Crippen LogP contribution < -0.4 is 15.4 Å². The maximum absolute atomic E-state index is 13.0. The van der Waals surface area contributed by atoms with Gasteiger partial charge >= 0.3 is 6.18 Å². The summed E-state index contributed by atoms with van der Waals surface area (Å²) >= 11 is 0. The minimum absolute atomic E-state index is 0.118. The van der Waals surface area contributed by atoms with Crippen molar-refractivity contribution in [2.75, 3.05) is 10.6 Å². The van der Waals surface area contributed by atoms with Crippen LogP contribution in [0.1, 0.15) is 18.1 Å². The number of carbonyl (C=O) groups is 2. The van der Waals surface area contributed by atoms with Crippen molar-refractivity contribution >= 4 is 23.3 Å². The van der Waals surface area contributed by atoms with Crippen molar-refractivity contribution in [2.45, 2.75) is 19.5 Å². The molecule has 0 aliphatic heterocycles. The lowest BCUT2D eigenvalue weighted by Gasteiger charge is -2.13. The van der Waals surface area contributed by atoms with Gasteiger partial charge in [-0.15, -0.1) is 0 Å². The number of hydrogen-bond acceptors (Lipinski definition) is 5. The molecular formula is C21H17F3N4O3. The summed E-state index contributed by atoms with van der Waals surface area (Å²) in [4.78, 5) is 31.1. The number of nitrogens with zero attached hydrogens (tertiary/aromatic N) is 2. The van der Waals surface area contributed by atoms with E-state index in [9.17, 15) is 22.8 Å². The Morgan fingerprint density at radius 1 is 1.00 bits per heavy atom. The lowest BCUT2D eigenvalue weighted by Crippen LogP contribution is -2.18. The fourth-order valence-electron chi connectivity index (χ4n) is 2.66. The number of ether oxygens (including phenoxy) is 1. The molecule has 31 heavy (non-hydrogen) atoms. The third-order valence-corrected chi connectivity index (χ3v) is 3.96. The summed E-state index contributed by atoms with van der Waals surface area (Å²) in [6.45, 7) is 1.35. The van der Waals surface area contributed by atoms with E-state index in [2.05, 4.69) is 20.6 Å². The van der Waals surface area contributed by atoms with Crippen LogP contribution in [0.3, 0.4) is 0 Å². The maximum atomic E-state index is 13.0. The molecule has 160 valence electrons. The average molecular weight is 430 g/mol. The van der Waals surface area contributed by atoms with E-state index in [0.29, 0.717) is 11.3 Å². The largest absolute Gasteiger partial charge is 0.439 e. The lowest BCUT2D eigenvalue weighted by molar-refractivity contribution is -0.137. The van der Waals surface area contributed by atoms with Gasteiger partial charge in [0.05, 0.1) is 17.7 Å². The van der Waals surface area contributed by atoms with Crippen LogP contribution in [0, 0.1) is 0 Å². The first-order chi connectivity index (χ1) is 14.7. The molecule has 0 fully saturated rings. The van der Waals surface area contributed by atoms with E-state index < -0.39 is 17.6 Å². The molecule has 7 nitrogen and oxygen atoms in total. The smallest absolute Gasteiger partial charge is 0.418 e. The number of alkyl halides is 3. The molecule has 1 aromatic heterocycles. The third kappa shape index (κ3) is 6.26. The Hall–Kier alpha value is -3.95. The first-order valence-corrected chi connectivity index (χ1v) is 9.03. The first kappa shape index (κ1) is 21.8. The predicted molar refractivity (Wildman–Crippen MR) is 107 cm³/mol. The van der Waals surface area contributed by atoms with Crippen molar-refractivity contribution in [2.24, 2.45) is 0 Å². The highest BCUT2D eigenvalue weighted by molar-refractivity contribution is 5.93. The van der Waals surface area contributed by atoms with Crippen LogP contribution in [0.5, 0.6) is 11.6 Å². The molecule has 0 aliphatic carbocycles. The van der Waals surface area contributed by atoms with Gasteiger partial charge in [0.2, 0.25) is 17.7 Å². The van der Waals surface area contributed by atoms with E-state index in [4.69, 9.17) is 4.74 Å². The SMILES string of the molecule is CC(=O)Nc1cc(Oc2ccc(CC(=O)Nc3ccccc3C(F)(F)F)cc2)ncn1. The summed E-state index contributed by atoms with van der Waals surface area (Å²) < 4.78 is 44.7. The molecule has 2 N–H and O–H groups in total. The predicted octanol–water partition coefficient (Wildman–Crippen LogP) is 4.43. The number of carbonyl (C=O) groups excluding carboxylic acids is 2. The Kier molecular flexibility index (Phi) is 6.49. The number of anilines is 2. The van der Waals surface area contributed by atoms with Crippen LogP contribution >= 0.6 is 0 Å². The van der Waals surface area contributed by atoms with E-state index in [1.54, 1.807) is 24.3 Å². The molecule has 0 saturated carbocycles. The molecule has 0 radical (unpaired) electrons. The minimum Gasteiger partial charge on any atom is -0.439 e. The zero-order valence-electron chi connectivity index (χ0n) is 16.2. The molecular weight excluding hydrogens is 413 g/mol. The normalized spacial score (nSPS) is 11.0. The van der Waals surface area contributed by atoms with Crippen LogP contribution in [0.4, 0.5) is 24.7 Å². The van der Waals surface area contributed by atoms with E-state index in [-0.39, 0.29) is 29.7 Å². The summed E-state index contributed by atoms with van der Waals surface area (Å²) in [6.07, 6.45) is -3.45. The van der Waals surface area contributed by atoms with Crippen LogP contribution in [-0.2, 0) is 22.2 Å². The highest BCUT2D eigenvalue weighted by Gasteiger charge is 2.33. The summed E-state index contributed by atoms with van der Waals surface area (Å²) in [6, 6.07) is 12.6. The molecule has 3 rings (SSSR count). The fourth-order valence-corrected chi connectivity index (χ4v) is 2.66. The lowest BCUT2D eigenvalue weighted by atomic mass is 10.1. The van der Waals surface area contributed by atoms with Crippen LogP contribution in [0.25, 0.3) is 0 Å². The van der Waals surface area contributed by atoms with Crippen LogP contribution in [0.15, 0.2) is 60.9 Å². The number of nitrogens with one attached hydrogen (secondary N) is 2. The number of benzene rings is 2. The van der Waals surface area contributed by atoms with Gasteiger partial charge in [0.1, 0.15) is 17.9 Å². The van der Waals surface area contributed by atoms with Gasteiger partial charge < -0.3 is 15.4 Å². The second-order valence-corrected chi connectivity index (χ2v) is 6.44. The van der Waals surface area contributed by atoms with Crippen LogP contribution in [-0.4, -0.2) is 21.8 Å². The fraction of sp³-hybridized carbons (Fsp3) is 0.143. The number of halogens is 3. The number of rotatable bonds is 6. The zero-order valence-corrected chi connectivity index (χ0v) is 16.2. The van der Waals surface area contributed by atoms with Gasteiger partial charge in [-0.25, -0.2) is 9.97 Å². The highest BCUT2D eigenvalue weighted by atomic mass is 19.4. The van der Waals surface area contributed by atoms with E-state index >= 15 is 0 Å². The van der Waals surface area contributed by atoms with Crippen molar-refractivity contribution in [3.63, 3.8) is 0 Å². The molecule has 2 aromatic carbocycles. The van der Waals surface area contributed by atoms with Gasteiger partial charge in [-0.3, -0.25) is 9.59 Å². The van der Waals surface area contributed by atoms with Crippen molar-refractivity contribution in [1.29, 1.82) is 0 Å². The zero-order chi connectivity index (χ0) is 22.4. The Morgan fingerprint density at radius 3 is 2.39 bits per heavy atom. The first-order valence-electron chi connectivity index (χ1n) is 9.03. The van der Waals surface area contributed by atoms with Crippen molar-refractivity contribution in [3.05, 3.63) is 72.1 Å². The average Bonchev–Trinajstić information content (AvgIpc) is 2.69.